The van der Waals surface area contributed by atoms with Crippen LogP contribution in [0.3, 0.4) is 0 Å². The summed E-state index contributed by atoms with van der Waals surface area (Å²) in [5, 5.41) is 17.2. The highest BCUT2D eigenvalue weighted by Crippen LogP contribution is 2.28. The summed E-state index contributed by atoms with van der Waals surface area (Å²) in [6.07, 6.45) is 0. The zero-order chi connectivity index (χ0) is 18.7. The number of nitro benzene ring substituents is 1. The molecule has 0 unspecified atom stereocenters. The Morgan fingerprint density at radius 3 is 2.54 bits per heavy atom. The molecule has 0 saturated heterocycles. The Morgan fingerprint density at radius 2 is 1.96 bits per heavy atom. The summed E-state index contributed by atoms with van der Waals surface area (Å²) in [6, 6.07) is 11.7. The van der Waals surface area contributed by atoms with E-state index in [1.807, 2.05) is 12.1 Å². The summed E-state index contributed by atoms with van der Waals surface area (Å²) in [6.45, 7) is 1.59. The largest absolute Gasteiger partial charge is 0.372 e. The van der Waals surface area contributed by atoms with Crippen LogP contribution >= 0.6 is 0 Å². The number of rotatable bonds is 5. The minimum absolute atomic E-state index is 0.108. The van der Waals surface area contributed by atoms with Crippen molar-refractivity contribution in [1.29, 1.82) is 0 Å². The van der Waals surface area contributed by atoms with Gasteiger partial charge in [-0.3, -0.25) is 19.9 Å². The van der Waals surface area contributed by atoms with Crippen LogP contribution in [0.2, 0.25) is 0 Å². The second-order valence-corrected chi connectivity index (χ2v) is 6.04. The molecule has 0 radical (unpaired) electrons. The SMILES string of the molecule is CN(C)c1ccc(C(=O)Nc2ccc(C3=NCCN3)cc2)cc1[N+](=O)[O-]. The average molecular weight is 353 g/mol. The predicted octanol–water partition coefficient (Wildman–Crippen LogP) is 2.26. The summed E-state index contributed by atoms with van der Waals surface area (Å²) in [5.74, 6) is 0.445. The first-order valence-electron chi connectivity index (χ1n) is 8.11. The third-order valence-corrected chi connectivity index (χ3v) is 4.01. The first-order valence-corrected chi connectivity index (χ1v) is 8.11. The molecule has 2 aromatic rings. The van der Waals surface area contributed by atoms with Gasteiger partial charge in [0.15, 0.2) is 0 Å². The second kappa shape index (κ2) is 7.22. The van der Waals surface area contributed by atoms with Gasteiger partial charge in [0.1, 0.15) is 11.5 Å². The van der Waals surface area contributed by atoms with E-state index in [2.05, 4.69) is 15.6 Å². The smallest absolute Gasteiger partial charge is 0.293 e. The van der Waals surface area contributed by atoms with Crippen molar-refractivity contribution in [2.45, 2.75) is 0 Å². The molecule has 134 valence electrons. The minimum Gasteiger partial charge on any atom is -0.372 e. The van der Waals surface area contributed by atoms with Crippen molar-refractivity contribution in [3.63, 3.8) is 0 Å². The van der Waals surface area contributed by atoms with Gasteiger partial charge in [0.05, 0.1) is 11.5 Å². The Balaban J connectivity index is 1.77. The van der Waals surface area contributed by atoms with Gasteiger partial charge in [-0.05, 0) is 36.4 Å². The lowest BCUT2D eigenvalue weighted by molar-refractivity contribution is -0.384. The fraction of sp³-hybridized carbons (Fsp3) is 0.222. The lowest BCUT2D eigenvalue weighted by Gasteiger charge is -2.13. The maximum Gasteiger partial charge on any atom is 0.293 e. The van der Waals surface area contributed by atoms with Gasteiger partial charge in [0.25, 0.3) is 11.6 Å². The van der Waals surface area contributed by atoms with Crippen LogP contribution in [0.15, 0.2) is 47.5 Å². The van der Waals surface area contributed by atoms with E-state index in [0.29, 0.717) is 11.4 Å². The van der Waals surface area contributed by atoms with Gasteiger partial charge in [-0.25, -0.2) is 0 Å². The van der Waals surface area contributed by atoms with Crippen molar-refractivity contribution in [1.82, 2.24) is 5.32 Å². The molecule has 26 heavy (non-hydrogen) atoms. The van der Waals surface area contributed by atoms with Crippen LogP contribution in [0.25, 0.3) is 0 Å². The minimum atomic E-state index is -0.490. The Hall–Kier alpha value is -3.42. The fourth-order valence-electron chi connectivity index (χ4n) is 2.70. The zero-order valence-electron chi connectivity index (χ0n) is 14.5. The van der Waals surface area contributed by atoms with Crippen molar-refractivity contribution in [3.05, 3.63) is 63.7 Å². The molecular formula is C18H19N5O3. The summed E-state index contributed by atoms with van der Waals surface area (Å²) in [7, 11) is 3.43. The van der Waals surface area contributed by atoms with E-state index in [0.717, 1.165) is 24.5 Å². The van der Waals surface area contributed by atoms with E-state index >= 15 is 0 Å². The van der Waals surface area contributed by atoms with Gasteiger partial charge in [-0.2, -0.15) is 0 Å². The van der Waals surface area contributed by atoms with Crippen molar-refractivity contribution >= 4 is 28.8 Å². The highest BCUT2D eigenvalue weighted by molar-refractivity contribution is 6.05. The number of nitro groups is 1. The number of hydrogen-bond acceptors (Lipinski definition) is 6. The van der Waals surface area contributed by atoms with E-state index in [4.69, 9.17) is 0 Å². The van der Waals surface area contributed by atoms with Crippen LogP contribution in [0.5, 0.6) is 0 Å². The normalized spacial score (nSPS) is 12.9. The summed E-state index contributed by atoms with van der Waals surface area (Å²) < 4.78 is 0. The first kappa shape index (κ1) is 17.4. The third-order valence-electron chi connectivity index (χ3n) is 4.01. The van der Waals surface area contributed by atoms with Gasteiger partial charge >= 0.3 is 0 Å². The third kappa shape index (κ3) is 3.64. The summed E-state index contributed by atoms with van der Waals surface area (Å²) in [5.41, 5.74) is 2.13. The van der Waals surface area contributed by atoms with Crippen LogP contribution < -0.4 is 15.5 Å². The average Bonchev–Trinajstić information content (AvgIpc) is 3.16. The maximum absolute atomic E-state index is 12.4. The molecule has 0 aliphatic carbocycles. The molecule has 1 aliphatic heterocycles. The van der Waals surface area contributed by atoms with Gasteiger partial charge in [0.2, 0.25) is 0 Å². The van der Waals surface area contributed by atoms with Crippen LogP contribution in [0.1, 0.15) is 15.9 Å². The topological polar surface area (TPSA) is 99.9 Å². The lowest BCUT2D eigenvalue weighted by Crippen LogP contribution is -2.19. The molecular weight excluding hydrogens is 334 g/mol. The van der Waals surface area contributed by atoms with Gasteiger partial charge in [-0.1, -0.05) is 0 Å². The lowest BCUT2D eigenvalue weighted by atomic mass is 10.1. The first-order chi connectivity index (χ1) is 12.5. The number of hydrogen-bond donors (Lipinski definition) is 2. The molecule has 1 amide bonds. The van der Waals surface area contributed by atoms with Crippen LogP contribution in [0, 0.1) is 10.1 Å². The predicted molar refractivity (Wildman–Crippen MR) is 101 cm³/mol. The summed E-state index contributed by atoms with van der Waals surface area (Å²) in [4.78, 5) is 29.2. The monoisotopic (exact) mass is 353 g/mol. The number of aliphatic imine (C=N–C) groups is 1. The number of carbonyl (C=O) groups excluding carboxylic acids is 1. The molecule has 0 spiro atoms. The van der Waals surface area contributed by atoms with E-state index in [9.17, 15) is 14.9 Å². The number of benzene rings is 2. The second-order valence-electron chi connectivity index (χ2n) is 6.04. The number of amidine groups is 1. The molecule has 2 N–H and O–H groups in total. The molecule has 2 aromatic carbocycles. The number of nitrogens with zero attached hydrogens (tertiary/aromatic N) is 3. The van der Waals surface area contributed by atoms with E-state index in [1.54, 1.807) is 43.3 Å². The standard InChI is InChI=1S/C18H19N5O3/c1-22(2)15-8-5-13(11-16(15)23(25)26)18(24)21-14-6-3-12(4-7-14)17-19-9-10-20-17/h3-8,11H,9-10H2,1-2H3,(H,19,20)(H,21,24). The van der Waals surface area contributed by atoms with Crippen LogP contribution in [0.4, 0.5) is 17.1 Å². The Bertz CT molecular complexity index is 875. The van der Waals surface area contributed by atoms with Crippen LogP contribution in [-0.4, -0.2) is 43.9 Å². The molecule has 0 bridgehead atoms. The molecule has 8 heteroatoms. The fourth-order valence-corrected chi connectivity index (χ4v) is 2.70. The van der Waals surface area contributed by atoms with Crippen LogP contribution in [-0.2, 0) is 0 Å². The molecule has 0 saturated carbocycles. The molecule has 0 aromatic heterocycles. The number of carbonyl (C=O) groups is 1. The van der Waals surface area contributed by atoms with E-state index < -0.39 is 10.8 Å². The highest BCUT2D eigenvalue weighted by atomic mass is 16.6. The molecule has 0 fully saturated rings. The molecule has 1 aliphatic rings. The Labute approximate surface area is 150 Å². The maximum atomic E-state index is 12.4. The van der Waals surface area contributed by atoms with Crippen molar-refractivity contribution < 1.29 is 9.72 Å². The number of anilines is 2. The number of nitrogens with one attached hydrogen (secondary N) is 2. The Kier molecular flexibility index (Phi) is 4.83. The zero-order valence-corrected chi connectivity index (χ0v) is 14.5. The summed E-state index contributed by atoms with van der Waals surface area (Å²) >= 11 is 0. The molecule has 3 rings (SSSR count). The molecule has 0 atom stereocenters. The molecule has 1 heterocycles. The highest BCUT2D eigenvalue weighted by Gasteiger charge is 2.19. The van der Waals surface area contributed by atoms with E-state index in [-0.39, 0.29) is 11.3 Å². The Morgan fingerprint density at radius 1 is 1.23 bits per heavy atom. The van der Waals surface area contributed by atoms with Crippen molar-refractivity contribution in [2.24, 2.45) is 4.99 Å². The van der Waals surface area contributed by atoms with Gasteiger partial charge < -0.3 is 15.5 Å². The van der Waals surface area contributed by atoms with Gasteiger partial charge in [0, 0.05) is 43.5 Å². The molecule has 8 nitrogen and oxygen atoms in total. The van der Waals surface area contributed by atoms with E-state index in [1.165, 1.54) is 6.07 Å². The quantitative estimate of drug-likeness (QED) is 0.634. The van der Waals surface area contributed by atoms with Crippen molar-refractivity contribution in [2.75, 3.05) is 37.4 Å². The van der Waals surface area contributed by atoms with Gasteiger partial charge in [-0.15, -0.1) is 0 Å². The number of amides is 1. The van der Waals surface area contributed by atoms with Crippen molar-refractivity contribution in [3.8, 4) is 0 Å².